The molecule has 5 nitrogen and oxygen atoms in total. The third kappa shape index (κ3) is 1.70. The van der Waals surface area contributed by atoms with Gasteiger partial charge in [-0.3, -0.25) is 9.59 Å². The molecule has 138 valence electrons. The summed E-state index contributed by atoms with van der Waals surface area (Å²) in [5, 5.41) is 33.1. The van der Waals surface area contributed by atoms with Crippen LogP contribution < -0.4 is 0 Å². The Balaban J connectivity index is 1.93. The molecule has 2 bridgehead atoms. The van der Waals surface area contributed by atoms with Crippen molar-refractivity contribution in [3.63, 3.8) is 0 Å². The molecule has 1 spiro atoms. The molecule has 0 radical (unpaired) electrons. The molecule has 5 heteroatoms. The van der Waals surface area contributed by atoms with Gasteiger partial charge in [0.2, 0.25) is 0 Å². The maximum absolute atomic E-state index is 13.2. The van der Waals surface area contributed by atoms with Crippen molar-refractivity contribution in [1.82, 2.24) is 0 Å². The van der Waals surface area contributed by atoms with Crippen molar-refractivity contribution < 1.29 is 24.9 Å². The van der Waals surface area contributed by atoms with Gasteiger partial charge in [-0.05, 0) is 36.2 Å². The summed E-state index contributed by atoms with van der Waals surface area (Å²) in [5.41, 5.74) is -2.14. The second-order valence-electron chi connectivity index (χ2n) is 9.57. The highest BCUT2D eigenvalue weighted by Crippen LogP contribution is 2.70. The number of aliphatic hydroxyl groups is 3. The molecule has 4 aliphatic rings. The molecule has 0 amide bonds. The van der Waals surface area contributed by atoms with E-state index in [-0.39, 0.29) is 17.5 Å². The average Bonchev–Trinajstić information content (AvgIpc) is 2.65. The summed E-state index contributed by atoms with van der Waals surface area (Å²) in [6, 6.07) is 0. The summed E-state index contributed by atoms with van der Waals surface area (Å²) < 4.78 is 0. The zero-order valence-corrected chi connectivity index (χ0v) is 15.2. The lowest BCUT2D eigenvalue weighted by molar-refractivity contribution is -0.247. The summed E-state index contributed by atoms with van der Waals surface area (Å²) in [4.78, 5) is 25.7. The first-order valence-electron chi connectivity index (χ1n) is 9.31. The van der Waals surface area contributed by atoms with Gasteiger partial charge < -0.3 is 15.3 Å². The summed E-state index contributed by atoms with van der Waals surface area (Å²) >= 11 is 0. The van der Waals surface area contributed by atoms with Crippen LogP contribution in [0.3, 0.4) is 0 Å². The van der Waals surface area contributed by atoms with E-state index < -0.39 is 46.4 Å². The Labute approximate surface area is 148 Å². The molecule has 4 fully saturated rings. The summed E-state index contributed by atoms with van der Waals surface area (Å²) in [5.74, 6) is -1.28. The topological polar surface area (TPSA) is 94.8 Å². The van der Waals surface area contributed by atoms with E-state index in [1.807, 2.05) is 20.8 Å². The van der Waals surface area contributed by atoms with Crippen molar-refractivity contribution in [2.24, 2.45) is 34.0 Å². The first-order chi connectivity index (χ1) is 11.5. The van der Waals surface area contributed by atoms with E-state index in [0.29, 0.717) is 31.3 Å². The fourth-order valence-electron chi connectivity index (χ4n) is 7.21. The number of fused-ring (bicyclic) bond motifs is 3. The molecular formula is C20H28O5. The number of ketones is 2. The largest absolute Gasteiger partial charge is 0.393 e. The van der Waals surface area contributed by atoms with Crippen LogP contribution in [-0.2, 0) is 9.59 Å². The Bertz CT molecular complexity index is 682. The average molecular weight is 348 g/mol. The van der Waals surface area contributed by atoms with Crippen LogP contribution in [0.25, 0.3) is 0 Å². The number of hydrogen-bond donors (Lipinski definition) is 3. The van der Waals surface area contributed by atoms with Gasteiger partial charge in [-0.2, -0.15) is 0 Å². The molecule has 4 aliphatic carbocycles. The Morgan fingerprint density at radius 3 is 2.36 bits per heavy atom. The van der Waals surface area contributed by atoms with Gasteiger partial charge >= 0.3 is 0 Å². The molecule has 8 atom stereocenters. The van der Waals surface area contributed by atoms with Crippen molar-refractivity contribution in [3.8, 4) is 0 Å². The van der Waals surface area contributed by atoms with Gasteiger partial charge in [0.05, 0.1) is 23.7 Å². The number of carbonyl (C=O) groups excluding carboxylic acids is 2. The maximum Gasteiger partial charge on any atom is 0.170 e. The predicted octanol–water partition coefficient (Wildman–Crippen LogP) is 1.25. The number of carbonyl (C=O) groups is 2. The molecule has 0 aromatic carbocycles. The summed E-state index contributed by atoms with van der Waals surface area (Å²) in [6.45, 7) is 9.72. The van der Waals surface area contributed by atoms with Crippen LogP contribution in [-0.4, -0.2) is 45.2 Å². The van der Waals surface area contributed by atoms with Crippen LogP contribution >= 0.6 is 0 Å². The van der Waals surface area contributed by atoms with Crippen LogP contribution in [0.15, 0.2) is 12.2 Å². The quantitative estimate of drug-likeness (QED) is 0.573. The van der Waals surface area contributed by atoms with Crippen LogP contribution in [0.5, 0.6) is 0 Å². The number of aliphatic hydroxyl groups excluding tert-OH is 3. The van der Waals surface area contributed by atoms with E-state index in [1.165, 1.54) is 0 Å². The van der Waals surface area contributed by atoms with Gasteiger partial charge in [0.25, 0.3) is 0 Å². The SMILES string of the molecule is C=C1C(=O)[C@@]23[C@H](O)C[C@@H]4C(C)(C)C(=O)CC[C@@]4(C)[C@@H]2[C@H](O)C[C@@H]1[C@H]3O. The molecular weight excluding hydrogens is 320 g/mol. The highest BCUT2D eigenvalue weighted by Gasteiger charge is 2.76. The number of rotatable bonds is 0. The van der Waals surface area contributed by atoms with Crippen molar-refractivity contribution in [2.75, 3.05) is 0 Å². The van der Waals surface area contributed by atoms with E-state index in [2.05, 4.69) is 6.58 Å². The highest BCUT2D eigenvalue weighted by molar-refractivity contribution is 6.04. The lowest BCUT2D eigenvalue weighted by Crippen LogP contribution is -2.70. The van der Waals surface area contributed by atoms with E-state index in [9.17, 15) is 24.9 Å². The molecule has 0 saturated heterocycles. The van der Waals surface area contributed by atoms with Crippen molar-refractivity contribution in [3.05, 3.63) is 12.2 Å². The lowest BCUT2D eigenvalue weighted by atomic mass is 9.39. The molecule has 0 unspecified atom stereocenters. The van der Waals surface area contributed by atoms with Crippen molar-refractivity contribution >= 4 is 11.6 Å². The van der Waals surface area contributed by atoms with Crippen molar-refractivity contribution in [1.29, 1.82) is 0 Å². The number of Topliss-reactive ketones (excluding diaryl/α,β-unsaturated/α-hetero) is 2. The first-order valence-corrected chi connectivity index (χ1v) is 9.31. The van der Waals surface area contributed by atoms with Crippen LogP contribution in [0.4, 0.5) is 0 Å². The minimum atomic E-state index is -1.37. The van der Waals surface area contributed by atoms with Gasteiger partial charge in [0, 0.05) is 23.7 Å². The van der Waals surface area contributed by atoms with Gasteiger partial charge in [-0.25, -0.2) is 0 Å². The molecule has 0 heterocycles. The monoisotopic (exact) mass is 348 g/mol. The Hall–Kier alpha value is -1.04. The third-order valence-electron chi connectivity index (χ3n) is 8.40. The number of hydrogen-bond acceptors (Lipinski definition) is 5. The smallest absolute Gasteiger partial charge is 0.170 e. The zero-order chi connectivity index (χ0) is 18.5. The second kappa shape index (κ2) is 4.81. The van der Waals surface area contributed by atoms with Crippen LogP contribution in [0.2, 0.25) is 0 Å². The fraction of sp³-hybridized carbons (Fsp3) is 0.800. The zero-order valence-electron chi connectivity index (χ0n) is 15.2. The minimum Gasteiger partial charge on any atom is -0.393 e. The lowest BCUT2D eigenvalue weighted by Gasteiger charge is -2.65. The van der Waals surface area contributed by atoms with Crippen molar-refractivity contribution in [2.45, 2.75) is 64.8 Å². The Morgan fingerprint density at radius 1 is 1.08 bits per heavy atom. The minimum absolute atomic E-state index is 0.132. The Kier molecular flexibility index (Phi) is 3.35. The molecule has 4 rings (SSSR count). The van der Waals surface area contributed by atoms with Gasteiger partial charge in [0.1, 0.15) is 5.78 Å². The molecule has 0 aromatic rings. The maximum atomic E-state index is 13.2. The molecule has 3 N–H and O–H groups in total. The second-order valence-corrected chi connectivity index (χ2v) is 9.57. The van der Waals surface area contributed by atoms with E-state index >= 15 is 0 Å². The molecule has 0 aromatic heterocycles. The van der Waals surface area contributed by atoms with E-state index in [4.69, 9.17) is 0 Å². The highest BCUT2D eigenvalue weighted by atomic mass is 16.3. The normalized spacial score (nSPS) is 54.2. The first kappa shape index (κ1) is 17.4. The van der Waals surface area contributed by atoms with Gasteiger partial charge in [-0.15, -0.1) is 0 Å². The molecule has 4 saturated carbocycles. The third-order valence-corrected chi connectivity index (χ3v) is 8.40. The van der Waals surface area contributed by atoms with Gasteiger partial charge in [-0.1, -0.05) is 27.4 Å². The molecule has 0 aliphatic heterocycles. The van der Waals surface area contributed by atoms with Crippen LogP contribution in [0.1, 0.15) is 46.5 Å². The fourth-order valence-corrected chi connectivity index (χ4v) is 7.21. The Morgan fingerprint density at radius 2 is 1.72 bits per heavy atom. The summed E-state index contributed by atoms with van der Waals surface area (Å²) in [6.07, 6.45) is -1.29. The molecule has 25 heavy (non-hydrogen) atoms. The summed E-state index contributed by atoms with van der Waals surface area (Å²) in [7, 11) is 0. The van der Waals surface area contributed by atoms with Crippen LogP contribution in [0, 0.1) is 34.0 Å². The standard InChI is InChI=1S/C20H28O5/c1-9-10-7-11(21)15-19(4)6-5-13(22)18(2,3)12(19)8-14(23)20(15,16(9)24)17(10)25/h10-12,14-15,17,21,23,25H,1,5-8H2,2-4H3/t10-,11+,12+,14+,15-,17+,19+,20+/m0/s1. The van der Waals surface area contributed by atoms with E-state index in [0.717, 1.165) is 0 Å². The predicted molar refractivity (Wildman–Crippen MR) is 90.4 cm³/mol. The van der Waals surface area contributed by atoms with Gasteiger partial charge in [0.15, 0.2) is 5.78 Å². The van der Waals surface area contributed by atoms with E-state index in [1.54, 1.807) is 0 Å².